The zero-order valence-electron chi connectivity index (χ0n) is 16.7. The fourth-order valence-corrected chi connectivity index (χ4v) is 4.39. The summed E-state index contributed by atoms with van der Waals surface area (Å²) in [7, 11) is 1.34. The summed E-state index contributed by atoms with van der Waals surface area (Å²) in [6.45, 7) is 1.26. The smallest absolute Gasteiger partial charge is 0.307 e. The molecule has 2 aromatic carbocycles. The van der Waals surface area contributed by atoms with Crippen molar-refractivity contribution in [2.24, 2.45) is 4.99 Å². The van der Waals surface area contributed by atoms with Crippen LogP contribution in [0.2, 0.25) is 5.02 Å². The first-order valence-corrected chi connectivity index (χ1v) is 10.8. The van der Waals surface area contributed by atoms with E-state index in [4.69, 9.17) is 25.8 Å². The van der Waals surface area contributed by atoms with E-state index in [-0.39, 0.29) is 12.4 Å². The number of hydrogen-bond acceptors (Lipinski definition) is 6. The van der Waals surface area contributed by atoms with Gasteiger partial charge in [0.25, 0.3) is 5.91 Å². The molecule has 9 heteroatoms. The quantitative estimate of drug-likeness (QED) is 0.429. The maximum atomic E-state index is 12.5. The van der Waals surface area contributed by atoms with Gasteiger partial charge < -0.3 is 18.8 Å². The number of fused-ring (bicyclic) bond motifs is 2. The molecule has 0 unspecified atom stereocenters. The van der Waals surface area contributed by atoms with Crippen LogP contribution in [-0.2, 0) is 20.9 Å². The van der Waals surface area contributed by atoms with Crippen molar-refractivity contribution in [3.05, 3.63) is 57.9 Å². The van der Waals surface area contributed by atoms with Gasteiger partial charge in [-0.15, -0.1) is 0 Å². The van der Waals surface area contributed by atoms with Crippen LogP contribution in [-0.4, -0.2) is 36.8 Å². The fraction of sp³-hybridized carbons (Fsp3) is 0.227. The lowest BCUT2D eigenvalue weighted by Gasteiger charge is -2.18. The molecule has 160 valence electrons. The van der Waals surface area contributed by atoms with Crippen LogP contribution in [0.25, 0.3) is 16.3 Å². The molecule has 0 spiro atoms. The molecular formula is C22H19ClN2O5S. The summed E-state index contributed by atoms with van der Waals surface area (Å²) in [6, 6.07) is 10.9. The maximum absolute atomic E-state index is 12.5. The number of aromatic nitrogens is 1. The molecule has 1 aliphatic heterocycles. The van der Waals surface area contributed by atoms with E-state index in [1.54, 1.807) is 12.1 Å². The Morgan fingerprint density at radius 3 is 2.71 bits per heavy atom. The lowest BCUT2D eigenvalue weighted by atomic mass is 10.2. The van der Waals surface area contributed by atoms with Crippen molar-refractivity contribution < 1.29 is 23.8 Å². The number of carbonyl (C=O) groups excluding carboxylic acids is 2. The van der Waals surface area contributed by atoms with Gasteiger partial charge >= 0.3 is 5.97 Å². The second-order valence-corrected chi connectivity index (χ2v) is 8.05. The molecule has 7 nitrogen and oxygen atoms in total. The Bertz CT molecular complexity index is 1240. The predicted molar refractivity (Wildman–Crippen MR) is 118 cm³/mol. The van der Waals surface area contributed by atoms with Crippen molar-refractivity contribution in [1.29, 1.82) is 0 Å². The summed E-state index contributed by atoms with van der Waals surface area (Å²) in [5, 5.41) is 0.548. The van der Waals surface area contributed by atoms with E-state index in [0.29, 0.717) is 41.1 Å². The van der Waals surface area contributed by atoms with Gasteiger partial charge in [-0.05, 0) is 17.7 Å². The Morgan fingerprint density at radius 1 is 1.23 bits per heavy atom. The summed E-state index contributed by atoms with van der Waals surface area (Å²) < 4.78 is 18.8. The third-order valence-corrected chi connectivity index (χ3v) is 6.02. The van der Waals surface area contributed by atoms with Crippen molar-refractivity contribution >= 4 is 51.1 Å². The number of nitrogens with zero attached hydrogens (tertiary/aromatic N) is 2. The van der Waals surface area contributed by atoms with Crippen LogP contribution in [0.4, 0.5) is 0 Å². The first-order valence-electron chi connectivity index (χ1n) is 9.56. The van der Waals surface area contributed by atoms with E-state index < -0.39 is 5.91 Å². The van der Waals surface area contributed by atoms with E-state index >= 15 is 0 Å². The Kier molecular flexibility index (Phi) is 6.39. The highest BCUT2D eigenvalue weighted by molar-refractivity contribution is 7.16. The number of carbonyl (C=O) groups is 2. The van der Waals surface area contributed by atoms with Crippen molar-refractivity contribution in [2.75, 3.05) is 20.3 Å². The second kappa shape index (κ2) is 9.36. The Morgan fingerprint density at radius 2 is 1.97 bits per heavy atom. The summed E-state index contributed by atoms with van der Waals surface area (Å²) in [5.74, 6) is 0.493. The van der Waals surface area contributed by atoms with Gasteiger partial charge in [0, 0.05) is 29.8 Å². The number of benzene rings is 2. The van der Waals surface area contributed by atoms with E-state index in [0.717, 1.165) is 15.8 Å². The number of thiazole rings is 1. The summed E-state index contributed by atoms with van der Waals surface area (Å²) in [4.78, 5) is 29.0. The molecule has 0 fully saturated rings. The van der Waals surface area contributed by atoms with Gasteiger partial charge in [-0.1, -0.05) is 41.1 Å². The van der Waals surface area contributed by atoms with Gasteiger partial charge in [0.05, 0.1) is 23.7 Å². The highest BCUT2D eigenvalue weighted by Crippen LogP contribution is 2.35. The van der Waals surface area contributed by atoms with Gasteiger partial charge in [0.1, 0.15) is 13.2 Å². The second-order valence-electron chi connectivity index (χ2n) is 6.63. The standard InChI is InChI=1S/C22H19ClN2O5S/c1-28-21(27)8-9-25-16-12-17-18(30-11-10-29-17)13-19(16)31-22(25)24-20(26)7-6-14-4-2-3-5-15(14)23/h2-7,12-13H,8-11H2,1H3/b7-6+,24-22?. The zero-order chi connectivity index (χ0) is 21.8. The average Bonchev–Trinajstić information content (AvgIpc) is 3.10. The monoisotopic (exact) mass is 458 g/mol. The minimum atomic E-state index is -0.435. The molecule has 4 rings (SSSR count). The minimum absolute atomic E-state index is 0.146. The number of rotatable bonds is 5. The largest absolute Gasteiger partial charge is 0.486 e. The zero-order valence-corrected chi connectivity index (χ0v) is 18.2. The van der Waals surface area contributed by atoms with Crippen LogP contribution in [0.1, 0.15) is 12.0 Å². The lowest BCUT2D eigenvalue weighted by Crippen LogP contribution is -2.19. The van der Waals surface area contributed by atoms with Gasteiger partial charge in [-0.25, -0.2) is 0 Å². The summed E-state index contributed by atoms with van der Waals surface area (Å²) in [6.07, 6.45) is 3.14. The van der Waals surface area contributed by atoms with Crippen LogP contribution in [0, 0.1) is 0 Å². The minimum Gasteiger partial charge on any atom is -0.486 e. The number of hydrogen-bond donors (Lipinski definition) is 0. The van der Waals surface area contributed by atoms with Crippen molar-refractivity contribution in [2.45, 2.75) is 13.0 Å². The van der Waals surface area contributed by atoms with Crippen molar-refractivity contribution in [3.63, 3.8) is 0 Å². The topological polar surface area (TPSA) is 79.1 Å². The van der Waals surface area contributed by atoms with Gasteiger partial charge in [0.2, 0.25) is 0 Å². The lowest BCUT2D eigenvalue weighted by molar-refractivity contribution is -0.140. The highest BCUT2D eigenvalue weighted by atomic mass is 35.5. The molecular weight excluding hydrogens is 440 g/mol. The molecule has 1 aliphatic rings. The summed E-state index contributed by atoms with van der Waals surface area (Å²) in [5.41, 5.74) is 1.53. The summed E-state index contributed by atoms with van der Waals surface area (Å²) >= 11 is 7.47. The number of amides is 1. The van der Waals surface area contributed by atoms with Crippen LogP contribution >= 0.6 is 22.9 Å². The highest BCUT2D eigenvalue weighted by Gasteiger charge is 2.17. The average molecular weight is 459 g/mol. The Hall–Kier alpha value is -3.10. The predicted octanol–water partition coefficient (Wildman–Crippen LogP) is 3.83. The normalized spacial score (nSPS) is 13.7. The number of aryl methyl sites for hydroxylation is 1. The molecule has 0 bridgehead atoms. The number of ether oxygens (including phenoxy) is 3. The molecule has 3 aromatic rings. The van der Waals surface area contributed by atoms with Crippen LogP contribution in [0.3, 0.4) is 0 Å². The van der Waals surface area contributed by atoms with Crippen LogP contribution in [0.5, 0.6) is 11.5 Å². The molecule has 31 heavy (non-hydrogen) atoms. The molecule has 1 amide bonds. The first kappa shape index (κ1) is 21.1. The number of halogens is 1. The fourth-order valence-electron chi connectivity index (χ4n) is 3.12. The van der Waals surface area contributed by atoms with Crippen molar-refractivity contribution in [3.8, 4) is 11.5 Å². The van der Waals surface area contributed by atoms with Crippen LogP contribution in [0.15, 0.2) is 47.5 Å². The number of esters is 1. The molecule has 0 radical (unpaired) electrons. The maximum Gasteiger partial charge on any atom is 0.307 e. The SMILES string of the molecule is COC(=O)CCn1c(=NC(=O)/C=C/c2ccccc2Cl)sc2cc3c(cc21)OCCO3. The number of methoxy groups -OCH3 is 1. The third kappa shape index (κ3) is 4.81. The van der Waals surface area contributed by atoms with Gasteiger partial charge in [0.15, 0.2) is 16.3 Å². The molecule has 1 aromatic heterocycles. The molecule has 0 saturated carbocycles. The van der Waals surface area contributed by atoms with Gasteiger partial charge in [-0.3, -0.25) is 9.59 Å². The van der Waals surface area contributed by atoms with E-state index in [1.807, 2.05) is 34.9 Å². The Labute approximate surface area is 187 Å². The van der Waals surface area contributed by atoms with Crippen LogP contribution < -0.4 is 14.3 Å². The molecule has 0 saturated heterocycles. The molecule has 0 atom stereocenters. The van der Waals surface area contributed by atoms with Crippen molar-refractivity contribution in [1.82, 2.24) is 4.57 Å². The van der Waals surface area contributed by atoms with E-state index in [2.05, 4.69) is 4.99 Å². The molecule has 0 N–H and O–H groups in total. The Balaban J connectivity index is 1.73. The van der Waals surface area contributed by atoms with E-state index in [1.165, 1.54) is 24.5 Å². The van der Waals surface area contributed by atoms with E-state index in [9.17, 15) is 9.59 Å². The van der Waals surface area contributed by atoms with Gasteiger partial charge in [-0.2, -0.15) is 4.99 Å². The molecule has 0 aliphatic carbocycles. The molecule has 2 heterocycles. The first-order chi connectivity index (χ1) is 15.0. The third-order valence-electron chi connectivity index (χ3n) is 4.63.